The van der Waals surface area contributed by atoms with Gasteiger partial charge in [-0.15, -0.1) is 0 Å². The van der Waals surface area contributed by atoms with Crippen molar-refractivity contribution in [3.63, 3.8) is 0 Å². The fraction of sp³-hybridized carbons (Fsp3) is 0.471. The predicted octanol–water partition coefficient (Wildman–Crippen LogP) is 1.78. The number of Topliss-reactive ketones (excluding diaryl/α,β-unsaturated/α-hetero) is 1. The van der Waals surface area contributed by atoms with Crippen molar-refractivity contribution in [3.8, 4) is 0 Å². The summed E-state index contributed by atoms with van der Waals surface area (Å²) in [5.74, 6) is -1.58. The smallest absolute Gasteiger partial charge is 0.410 e. The number of carbonyl (C=O) groups is 3. The molecule has 1 aromatic carbocycles. The number of likely N-dealkylation sites (tertiary alicyclic amines) is 1. The van der Waals surface area contributed by atoms with Crippen molar-refractivity contribution in [1.29, 1.82) is 0 Å². The van der Waals surface area contributed by atoms with Gasteiger partial charge in [-0.3, -0.25) is 9.59 Å². The van der Waals surface area contributed by atoms with Crippen LogP contribution in [0.2, 0.25) is 0 Å². The summed E-state index contributed by atoms with van der Waals surface area (Å²) >= 11 is 0. The van der Waals surface area contributed by atoms with E-state index in [9.17, 15) is 14.4 Å². The number of hydrogen-bond donors (Lipinski definition) is 0. The number of ketones is 1. The Balaban J connectivity index is 1.66. The summed E-state index contributed by atoms with van der Waals surface area (Å²) < 4.78 is 10.0. The number of amides is 1. The molecule has 1 saturated carbocycles. The molecule has 3 rings (SSSR count). The van der Waals surface area contributed by atoms with E-state index in [4.69, 9.17) is 9.47 Å². The number of piperidine rings is 1. The third-order valence-electron chi connectivity index (χ3n) is 4.54. The van der Waals surface area contributed by atoms with E-state index in [1.807, 2.05) is 30.3 Å². The highest BCUT2D eigenvalue weighted by Crippen LogP contribution is 2.51. The fourth-order valence-corrected chi connectivity index (χ4v) is 3.01. The van der Waals surface area contributed by atoms with E-state index < -0.39 is 23.4 Å². The van der Waals surface area contributed by atoms with Crippen LogP contribution in [-0.4, -0.2) is 42.9 Å². The molecule has 2 fully saturated rings. The van der Waals surface area contributed by atoms with Crippen LogP contribution in [0.4, 0.5) is 4.79 Å². The topological polar surface area (TPSA) is 72.9 Å². The van der Waals surface area contributed by atoms with E-state index in [-0.39, 0.29) is 18.9 Å². The lowest BCUT2D eigenvalue weighted by Gasteiger charge is -2.35. The standard InChI is InChI=1S/C17H19NO5/c1-22-15(20)13-9-18(11-17(7-8-17)14(13)19)16(21)23-10-12-5-3-2-4-6-12/h2-6,13H,7-11H2,1H3/t13-/m0/s1. The molecule has 2 aliphatic rings. The molecule has 6 heteroatoms. The highest BCUT2D eigenvalue weighted by molar-refractivity contribution is 6.04. The van der Waals surface area contributed by atoms with E-state index in [2.05, 4.69) is 0 Å². The number of carbonyl (C=O) groups excluding carboxylic acids is 3. The minimum absolute atomic E-state index is 0.0287. The molecule has 1 aliphatic carbocycles. The average Bonchev–Trinajstić information content (AvgIpc) is 3.35. The monoisotopic (exact) mass is 317 g/mol. The molecule has 0 radical (unpaired) electrons. The average molecular weight is 317 g/mol. The number of rotatable bonds is 3. The Bertz CT molecular complexity index is 623. The van der Waals surface area contributed by atoms with Gasteiger partial charge in [0.15, 0.2) is 5.78 Å². The van der Waals surface area contributed by atoms with Gasteiger partial charge in [0.05, 0.1) is 7.11 Å². The van der Waals surface area contributed by atoms with Crippen molar-refractivity contribution in [2.24, 2.45) is 11.3 Å². The van der Waals surface area contributed by atoms with Crippen LogP contribution >= 0.6 is 0 Å². The molecule has 1 saturated heterocycles. The molecule has 0 bridgehead atoms. The Morgan fingerprint density at radius 1 is 1.26 bits per heavy atom. The van der Waals surface area contributed by atoms with Crippen LogP contribution < -0.4 is 0 Å². The molecule has 6 nitrogen and oxygen atoms in total. The van der Waals surface area contributed by atoms with Gasteiger partial charge in [0, 0.05) is 18.5 Å². The van der Waals surface area contributed by atoms with Crippen molar-refractivity contribution >= 4 is 17.8 Å². The van der Waals surface area contributed by atoms with Crippen molar-refractivity contribution in [2.75, 3.05) is 20.2 Å². The van der Waals surface area contributed by atoms with Crippen molar-refractivity contribution in [2.45, 2.75) is 19.4 Å². The van der Waals surface area contributed by atoms with Gasteiger partial charge in [-0.05, 0) is 18.4 Å². The van der Waals surface area contributed by atoms with Crippen LogP contribution in [0.3, 0.4) is 0 Å². The third kappa shape index (κ3) is 3.06. The molecule has 1 heterocycles. The number of methoxy groups -OCH3 is 1. The lowest BCUT2D eigenvalue weighted by Crippen LogP contribution is -2.53. The lowest BCUT2D eigenvalue weighted by atomic mass is 9.85. The first kappa shape index (κ1) is 15.5. The van der Waals surface area contributed by atoms with Gasteiger partial charge >= 0.3 is 12.1 Å². The van der Waals surface area contributed by atoms with E-state index in [0.717, 1.165) is 5.56 Å². The molecule has 1 amide bonds. The Morgan fingerprint density at radius 3 is 2.57 bits per heavy atom. The van der Waals surface area contributed by atoms with Crippen LogP contribution in [0.5, 0.6) is 0 Å². The minimum atomic E-state index is -0.902. The summed E-state index contributed by atoms with van der Waals surface area (Å²) in [6.45, 7) is 0.522. The highest BCUT2D eigenvalue weighted by Gasteiger charge is 2.58. The van der Waals surface area contributed by atoms with Gasteiger partial charge < -0.3 is 14.4 Å². The Labute approximate surface area is 134 Å². The van der Waals surface area contributed by atoms with Gasteiger partial charge in [0.25, 0.3) is 0 Å². The molecule has 23 heavy (non-hydrogen) atoms. The summed E-state index contributed by atoms with van der Waals surface area (Å²) in [7, 11) is 1.25. The molecule has 1 aromatic rings. The summed E-state index contributed by atoms with van der Waals surface area (Å²) in [5, 5.41) is 0. The molecule has 1 spiro atoms. The van der Waals surface area contributed by atoms with Crippen molar-refractivity contribution in [3.05, 3.63) is 35.9 Å². The zero-order chi connectivity index (χ0) is 16.4. The summed E-state index contributed by atoms with van der Waals surface area (Å²) in [6, 6.07) is 9.36. The second kappa shape index (κ2) is 6.02. The second-order valence-electron chi connectivity index (χ2n) is 6.14. The predicted molar refractivity (Wildman–Crippen MR) is 80.4 cm³/mol. The van der Waals surface area contributed by atoms with Crippen LogP contribution in [0.25, 0.3) is 0 Å². The first-order valence-corrected chi connectivity index (χ1v) is 7.63. The Hall–Kier alpha value is -2.37. The van der Waals surface area contributed by atoms with Crippen molar-refractivity contribution in [1.82, 2.24) is 4.90 Å². The molecule has 1 aliphatic heterocycles. The van der Waals surface area contributed by atoms with E-state index in [1.54, 1.807) is 0 Å². The van der Waals surface area contributed by atoms with Crippen LogP contribution in [-0.2, 0) is 25.7 Å². The zero-order valence-electron chi connectivity index (χ0n) is 13.0. The van der Waals surface area contributed by atoms with Crippen LogP contribution in [0, 0.1) is 11.3 Å². The van der Waals surface area contributed by atoms with Gasteiger partial charge in [0.1, 0.15) is 12.5 Å². The molecule has 122 valence electrons. The number of hydrogen-bond acceptors (Lipinski definition) is 5. The second-order valence-corrected chi connectivity index (χ2v) is 6.14. The number of nitrogens with zero attached hydrogens (tertiary/aromatic N) is 1. The van der Waals surface area contributed by atoms with Crippen molar-refractivity contribution < 1.29 is 23.9 Å². The van der Waals surface area contributed by atoms with Crippen LogP contribution in [0.15, 0.2) is 30.3 Å². The highest BCUT2D eigenvalue weighted by atomic mass is 16.6. The SMILES string of the molecule is COC(=O)[C@H]1CN(C(=O)OCc2ccccc2)CC2(CC2)C1=O. The van der Waals surface area contributed by atoms with Gasteiger partial charge in [0.2, 0.25) is 0 Å². The summed E-state index contributed by atoms with van der Waals surface area (Å²) in [6.07, 6.45) is 0.922. The maximum atomic E-state index is 12.4. The maximum Gasteiger partial charge on any atom is 0.410 e. The normalized spacial score (nSPS) is 21.9. The fourth-order valence-electron chi connectivity index (χ4n) is 3.01. The molecule has 0 unspecified atom stereocenters. The molecule has 0 aromatic heterocycles. The molecule has 0 N–H and O–H groups in total. The maximum absolute atomic E-state index is 12.4. The zero-order valence-corrected chi connectivity index (χ0v) is 13.0. The van der Waals surface area contributed by atoms with E-state index >= 15 is 0 Å². The van der Waals surface area contributed by atoms with E-state index in [1.165, 1.54) is 12.0 Å². The Kier molecular flexibility index (Phi) is 4.07. The van der Waals surface area contributed by atoms with Gasteiger partial charge in [-0.2, -0.15) is 0 Å². The largest absolute Gasteiger partial charge is 0.468 e. The van der Waals surface area contributed by atoms with Crippen LogP contribution in [0.1, 0.15) is 18.4 Å². The minimum Gasteiger partial charge on any atom is -0.468 e. The first-order valence-electron chi connectivity index (χ1n) is 7.63. The summed E-state index contributed by atoms with van der Waals surface area (Å²) in [4.78, 5) is 37.9. The quantitative estimate of drug-likeness (QED) is 0.627. The molecule has 1 atom stereocenters. The Morgan fingerprint density at radius 2 is 1.96 bits per heavy atom. The lowest BCUT2D eigenvalue weighted by molar-refractivity contribution is -0.154. The van der Waals surface area contributed by atoms with Gasteiger partial charge in [-0.1, -0.05) is 30.3 Å². The molecular formula is C17H19NO5. The number of benzene rings is 1. The molecular weight excluding hydrogens is 298 g/mol. The number of esters is 1. The first-order chi connectivity index (χ1) is 11.1. The van der Waals surface area contributed by atoms with E-state index in [0.29, 0.717) is 19.4 Å². The summed E-state index contributed by atoms with van der Waals surface area (Å²) in [5.41, 5.74) is 0.322. The third-order valence-corrected chi connectivity index (χ3v) is 4.54. The van der Waals surface area contributed by atoms with Gasteiger partial charge in [-0.25, -0.2) is 4.79 Å². The number of ether oxygens (including phenoxy) is 2.